The number of pyridine rings is 1. The Morgan fingerprint density at radius 3 is 1.05 bits per heavy atom. The van der Waals surface area contributed by atoms with Crippen LogP contribution in [0.1, 0.15) is 100 Å². The molecule has 0 fully saturated rings. The summed E-state index contributed by atoms with van der Waals surface area (Å²) in [5.41, 5.74) is 8.68. The van der Waals surface area contributed by atoms with Crippen LogP contribution in [-0.2, 0) is 21.7 Å². The van der Waals surface area contributed by atoms with E-state index in [1.165, 1.54) is 22.3 Å². The fourth-order valence-electron chi connectivity index (χ4n) is 6.92. The summed E-state index contributed by atoms with van der Waals surface area (Å²) in [5.74, 6) is 0.973. The Morgan fingerprint density at radius 2 is 0.690 bits per heavy atom. The van der Waals surface area contributed by atoms with Crippen LogP contribution in [0.3, 0.4) is 0 Å². The van der Waals surface area contributed by atoms with E-state index in [2.05, 4.69) is 114 Å². The van der Waals surface area contributed by atoms with Gasteiger partial charge in [-0.15, -0.1) is 10.2 Å². The normalized spacial score (nSPS) is 18.3. The van der Waals surface area contributed by atoms with Gasteiger partial charge in [0.15, 0.2) is 0 Å². The van der Waals surface area contributed by atoms with Crippen LogP contribution in [0.4, 0.5) is 0 Å². The summed E-state index contributed by atoms with van der Waals surface area (Å²) in [7, 11) is 0. The Labute approximate surface area is 247 Å². The van der Waals surface area contributed by atoms with E-state index in [0.717, 1.165) is 22.8 Å². The van der Waals surface area contributed by atoms with Crippen molar-refractivity contribution in [1.82, 2.24) is 35.3 Å². The van der Waals surface area contributed by atoms with Gasteiger partial charge < -0.3 is 0 Å². The molecule has 42 heavy (non-hydrogen) atoms. The summed E-state index contributed by atoms with van der Waals surface area (Å²) in [5, 5.41) is 18.7. The average Bonchev–Trinajstić information content (AvgIpc) is 2.99. The first-order chi connectivity index (χ1) is 19.8. The van der Waals surface area contributed by atoms with E-state index in [4.69, 9.17) is 25.1 Å². The van der Waals surface area contributed by atoms with Crippen LogP contribution >= 0.6 is 0 Å². The van der Waals surface area contributed by atoms with Crippen molar-refractivity contribution < 1.29 is 0 Å². The highest BCUT2D eigenvalue weighted by molar-refractivity contribution is 5.61. The molecular formula is C35H35N7. The van der Waals surface area contributed by atoms with Crippen molar-refractivity contribution in [3.8, 4) is 23.0 Å². The van der Waals surface area contributed by atoms with Crippen LogP contribution in [0.25, 0.3) is 23.0 Å². The molecule has 0 aliphatic heterocycles. The molecule has 0 radical (unpaired) electrons. The molecule has 5 aromatic rings. The second kappa shape index (κ2) is 8.57. The number of aromatic nitrogens is 7. The highest BCUT2D eigenvalue weighted by atomic mass is 15.2. The molecule has 0 unspecified atom stereocenters. The molecule has 2 aliphatic carbocycles. The minimum atomic E-state index is -0.329. The topological polar surface area (TPSA) is 90.2 Å². The van der Waals surface area contributed by atoms with Gasteiger partial charge in [-0.25, -0.2) is 15.0 Å². The zero-order chi connectivity index (χ0) is 29.7. The minimum absolute atomic E-state index is 0.308. The molecule has 0 saturated carbocycles. The molecule has 0 spiro atoms. The molecule has 7 heteroatoms. The Morgan fingerprint density at radius 1 is 0.357 bits per heavy atom. The maximum atomic E-state index is 5.11. The molecule has 3 heterocycles. The van der Waals surface area contributed by atoms with Crippen LogP contribution in [-0.4, -0.2) is 35.3 Å². The van der Waals surface area contributed by atoms with E-state index < -0.39 is 0 Å². The third-order valence-corrected chi connectivity index (χ3v) is 9.50. The lowest BCUT2D eigenvalue weighted by atomic mass is 9.63. The molecular weight excluding hydrogens is 518 g/mol. The van der Waals surface area contributed by atoms with Gasteiger partial charge in [-0.1, -0.05) is 110 Å². The lowest BCUT2D eigenvalue weighted by Crippen LogP contribution is -2.39. The number of fused-ring (bicyclic) bond motifs is 4. The molecule has 7 rings (SSSR count). The summed E-state index contributed by atoms with van der Waals surface area (Å²) >= 11 is 0. The first-order valence-corrected chi connectivity index (χ1v) is 14.5. The van der Waals surface area contributed by atoms with Crippen molar-refractivity contribution in [1.29, 1.82) is 0 Å². The van der Waals surface area contributed by atoms with Crippen LogP contribution < -0.4 is 0 Å². The predicted octanol–water partition coefficient (Wildman–Crippen LogP) is 6.72. The number of hydrogen-bond donors (Lipinski definition) is 0. The summed E-state index contributed by atoms with van der Waals surface area (Å²) in [6.07, 6.45) is 0. The molecule has 0 saturated heterocycles. The lowest BCUT2D eigenvalue weighted by molar-refractivity contribution is 0.481. The van der Waals surface area contributed by atoms with Gasteiger partial charge >= 0.3 is 0 Å². The first-order valence-electron chi connectivity index (χ1n) is 14.5. The SMILES string of the molecule is CC1(C)c2ccccc2C(C)(C)c2nc(-c3cccc(-c4nnc5c(n4)C(C)(C)c4ccccc4C5(C)C)n3)nnc21. The quantitative estimate of drug-likeness (QED) is 0.240. The average molecular weight is 554 g/mol. The van der Waals surface area contributed by atoms with E-state index in [0.29, 0.717) is 23.0 Å². The van der Waals surface area contributed by atoms with E-state index in [1.807, 2.05) is 18.2 Å². The van der Waals surface area contributed by atoms with E-state index in [9.17, 15) is 0 Å². The zero-order valence-corrected chi connectivity index (χ0v) is 25.5. The zero-order valence-electron chi connectivity index (χ0n) is 25.5. The smallest absolute Gasteiger partial charge is 0.200 e. The van der Waals surface area contributed by atoms with Gasteiger partial charge in [-0.05, 0) is 34.4 Å². The molecule has 2 aliphatic rings. The van der Waals surface area contributed by atoms with Crippen molar-refractivity contribution in [2.75, 3.05) is 0 Å². The monoisotopic (exact) mass is 553 g/mol. The van der Waals surface area contributed by atoms with Gasteiger partial charge in [0.2, 0.25) is 11.6 Å². The van der Waals surface area contributed by atoms with Crippen molar-refractivity contribution in [2.24, 2.45) is 0 Å². The van der Waals surface area contributed by atoms with Gasteiger partial charge in [0.1, 0.15) is 11.4 Å². The summed E-state index contributed by atoms with van der Waals surface area (Å²) < 4.78 is 0. The molecule has 7 nitrogen and oxygen atoms in total. The third kappa shape index (κ3) is 3.55. The Balaban J connectivity index is 1.32. The number of hydrogen-bond acceptors (Lipinski definition) is 7. The van der Waals surface area contributed by atoms with Gasteiger partial charge in [0.05, 0.1) is 22.8 Å². The fourth-order valence-corrected chi connectivity index (χ4v) is 6.92. The third-order valence-electron chi connectivity index (χ3n) is 9.50. The van der Waals surface area contributed by atoms with Crippen LogP contribution in [0.15, 0.2) is 66.7 Å². The molecule has 0 atom stereocenters. The Hall–Kier alpha value is -4.39. The largest absolute Gasteiger partial charge is 0.241 e. The maximum absolute atomic E-state index is 5.11. The Bertz CT molecular complexity index is 1770. The van der Waals surface area contributed by atoms with Crippen molar-refractivity contribution in [3.05, 3.63) is 112 Å². The van der Waals surface area contributed by atoms with Gasteiger partial charge in [0.25, 0.3) is 0 Å². The van der Waals surface area contributed by atoms with Gasteiger partial charge in [-0.3, -0.25) is 0 Å². The van der Waals surface area contributed by atoms with Gasteiger partial charge in [0, 0.05) is 21.7 Å². The predicted molar refractivity (Wildman–Crippen MR) is 163 cm³/mol. The first kappa shape index (κ1) is 26.5. The van der Waals surface area contributed by atoms with E-state index in [1.54, 1.807) is 0 Å². The molecule has 210 valence electrons. The van der Waals surface area contributed by atoms with Crippen LogP contribution in [0.5, 0.6) is 0 Å². The van der Waals surface area contributed by atoms with E-state index >= 15 is 0 Å². The van der Waals surface area contributed by atoms with Crippen molar-refractivity contribution in [2.45, 2.75) is 77.0 Å². The molecule has 0 N–H and O–H groups in total. The lowest BCUT2D eigenvalue weighted by Gasteiger charge is -2.41. The molecule has 0 amide bonds. The number of benzene rings is 2. The second-order valence-corrected chi connectivity index (χ2v) is 13.7. The molecule has 0 bridgehead atoms. The number of rotatable bonds is 2. The van der Waals surface area contributed by atoms with Crippen molar-refractivity contribution >= 4 is 0 Å². The fraction of sp³-hybridized carbons (Fsp3) is 0.343. The summed E-state index contributed by atoms with van der Waals surface area (Å²) in [6.45, 7) is 17.6. The molecule has 2 aromatic carbocycles. The van der Waals surface area contributed by atoms with Crippen LogP contribution in [0.2, 0.25) is 0 Å². The highest BCUT2D eigenvalue weighted by Crippen LogP contribution is 2.49. The number of nitrogens with zero attached hydrogens (tertiary/aromatic N) is 7. The van der Waals surface area contributed by atoms with Gasteiger partial charge in [-0.2, -0.15) is 10.2 Å². The molecule has 3 aromatic heterocycles. The Kier molecular flexibility index (Phi) is 5.41. The standard InChI is InChI=1S/C35H35N7/c1-32(2)20-14-9-11-16-22(20)34(5,6)28-26(32)37-30(41-39-28)24-18-13-19-25(36-24)31-38-27-29(40-42-31)35(7,8)23-17-12-10-15-21(23)33(27,3)4/h9-19H,1-8H3. The van der Waals surface area contributed by atoms with Crippen LogP contribution in [0, 0.1) is 0 Å². The summed E-state index contributed by atoms with van der Waals surface area (Å²) in [4.78, 5) is 15.2. The van der Waals surface area contributed by atoms with Crippen molar-refractivity contribution in [3.63, 3.8) is 0 Å². The minimum Gasteiger partial charge on any atom is -0.241 e. The summed E-state index contributed by atoms with van der Waals surface area (Å²) in [6, 6.07) is 22.9. The highest BCUT2D eigenvalue weighted by Gasteiger charge is 2.46. The van der Waals surface area contributed by atoms with E-state index in [-0.39, 0.29) is 21.7 Å². The second-order valence-electron chi connectivity index (χ2n) is 13.7. The maximum Gasteiger partial charge on any atom is 0.200 e.